The third-order valence-electron chi connectivity index (χ3n) is 4.97. The Morgan fingerprint density at radius 2 is 2.26 bits per heavy atom. The van der Waals surface area contributed by atoms with Gasteiger partial charge in [0.1, 0.15) is 0 Å². The predicted octanol–water partition coefficient (Wildman–Crippen LogP) is 1.67. The maximum atomic E-state index is 12.5. The van der Waals surface area contributed by atoms with Crippen LogP contribution in [0.15, 0.2) is 0 Å². The molecule has 110 valence electrons. The van der Waals surface area contributed by atoms with Crippen molar-refractivity contribution in [3.63, 3.8) is 0 Å². The van der Waals surface area contributed by atoms with Crippen molar-refractivity contribution in [3.8, 4) is 0 Å². The van der Waals surface area contributed by atoms with Crippen molar-refractivity contribution in [1.29, 1.82) is 0 Å². The standard InChI is InChI=1S/C15H27NO3/c1-12(2)15(11-17)6-4-7-16(10-15)14(18)13-5-3-8-19-9-13/h12-13,17H,3-11H2,1-2H3/t13-,15-/m1/s1. The van der Waals surface area contributed by atoms with Crippen molar-refractivity contribution in [1.82, 2.24) is 4.90 Å². The first kappa shape index (κ1) is 14.8. The largest absolute Gasteiger partial charge is 0.396 e. The number of ether oxygens (including phenoxy) is 1. The van der Waals surface area contributed by atoms with Crippen molar-refractivity contribution in [2.45, 2.75) is 39.5 Å². The lowest BCUT2D eigenvalue weighted by molar-refractivity contribution is -0.145. The van der Waals surface area contributed by atoms with Gasteiger partial charge >= 0.3 is 0 Å². The van der Waals surface area contributed by atoms with Gasteiger partial charge in [-0.2, -0.15) is 0 Å². The summed E-state index contributed by atoms with van der Waals surface area (Å²) in [6, 6.07) is 0. The van der Waals surface area contributed by atoms with E-state index in [4.69, 9.17) is 4.74 Å². The van der Waals surface area contributed by atoms with Crippen LogP contribution in [0.3, 0.4) is 0 Å². The fourth-order valence-corrected chi connectivity index (χ4v) is 3.32. The van der Waals surface area contributed by atoms with E-state index in [9.17, 15) is 9.90 Å². The van der Waals surface area contributed by atoms with Crippen molar-refractivity contribution in [3.05, 3.63) is 0 Å². The average Bonchev–Trinajstić information content (AvgIpc) is 2.47. The molecule has 2 rings (SSSR count). The van der Waals surface area contributed by atoms with Gasteiger partial charge in [0.25, 0.3) is 0 Å². The molecular weight excluding hydrogens is 242 g/mol. The van der Waals surface area contributed by atoms with Gasteiger partial charge in [-0.15, -0.1) is 0 Å². The SMILES string of the molecule is CC(C)[C@]1(CO)CCCN(C(=O)[C@@H]2CCCOC2)C1. The quantitative estimate of drug-likeness (QED) is 0.848. The first-order chi connectivity index (χ1) is 9.09. The fourth-order valence-electron chi connectivity index (χ4n) is 3.32. The lowest BCUT2D eigenvalue weighted by Gasteiger charge is -2.45. The van der Waals surface area contributed by atoms with E-state index < -0.39 is 0 Å². The monoisotopic (exact) mass is 269 g/mol. The third-order valence-corrected chi connectivity index (χ3v) is 4.97. The van der Waals surface area contributed by atoms with Crippen molar-refractivity contribution in [2.24, 2.45) is 17.3 Å². The minimum absolute atomic E-state index is 0.0374. The Morgan fingerprint density at radius 3 is 2.84 bits per heavy atom. The minimum atomic E-state index is -0.108. The number of amides is 1. The van der Waals surface area contributed by atoms with Gasteiger partial charge in [0.2, 0.25) is 5.91 Å². The summed E-state index contributed by atoms with van der Waals surface area (Å²) in [6.45, 7) is 7.37. The van der Waals surface area contributed by atoms with Crippen LogP contribution >= 0.6 is 0 Å². The molecule has 2 fully saturated rings. The fraction of sp³-hybridized carbons (Fsp3) is 0.933. The zero-order valence-electron chi connectivity index (χ0n) is 12.2. The van der Waals surface area contributed by atoms with Crippen molar-refractivity contribution in [2.75, 3.05) is 32.9 Å². The molecule has 2 aliphatic rings. The lowest BCUT2D eigenvalue weighted by atomic mass is 9.72. The number of nitrogens with zero attached hydrogens (tertiary/aromatic N) is 1. The van der Waals surface area contributed by atoms with E-state index in [1.807, 2.05) is 4.90 Å². The molecular formula is C15H27NO3. The number of aliphatic hydroxyl groups excluding tert-OH is 1. The topological polar surface area (TPSA) is 49.8 Å². The summed E-state index contributed by atoms with van der Waals surface area (Å²) in [6.07, 6.45) is 3.95. The summed E-state index contributed by atoms with van der Waals surface area (Å²) in [7, 11) is 0. The van der Waals surface area contributed by atoms with Gasteiger partial charge in [-0.05, 0) is 31.6 Å². The Morgan fingerprint density at radius 1 is 1.47 bits per heavy atom. The Kier molecular flexibility index (Phi) is 4.85. The number of likely N-dealkylation sites (tertiary alicyclic amines) is 1. The van der Waals surface area contributed by atoms with E-state index >= 15 is 0 Å². The van der Waals surface area contributed by atoms with Crippen LogP contribution in [0.2, 0.25) is 0 Å². The summed E-state index contributed by atoms with van der Waals surface area (Å²) in [4.78, 5) is 14.5. The van der Waals surface area contributed by atoms with Gasteiger partial charge < -0.3 is 14.7 Å². The van der Waals surface area contributed by atoms with E-state index in [2.05, 4.69) is 13.8 Å². The maximum Gasteiger partial charge on any atom is 0.228 e. The lowest BCUT2D eigenvalue weighted by Crippen LogP contribution is -2.52. The zero-order valence-corrected chi connectivity index (χ0v) is 12.2. The average molecular weight is 269 g/mol. The van der Waals surface area contributed by atoms with Gasteiger partial charge in [-0.3, -0.25) is 4.79 Å². The molecule has 0 saturated carbocycles. The summed E-state index contributed by atoms with van der Waals surface area (Å²) in [5.41, 5.74) is -0.108. The summed E-state index contributed by atoms with van der Waals surface area (Å²) >= 11 is 0. The van der Waals surface area contributed by atoms with E-state index in [1.54, 1.807) is 0 Å². The van der Waals surface area contributed by atoms with E-state index in [1.165, 1.54) is 0 Å². The van der Waals surface area contributed by atoms with Crippen LogP contribution in [-0.2, 0) is 9.53 Å². The molecule has 0 aromatic carbocycles. The summed E-state index contributed by atoms with van der Waals surface area (Å²) in [5, 5.41) is 9.76. The van der Waals surface area contributed by atoms with Crippen LogP contribution in [0.1, 0.15) is 39.5 Å². The number of carbonyl (C=O) groups is 1. The Balaban J connectivity index is 2.01. The first-order valence-corrected chi connectivity index (χ1v) is 7.56. The molecule has 0 bridgehead atoms. The van der Waals surface area contributed by atoms with Gasteiger partial charge in [-0.1, -0.05) is 13.8 Å². The zero-order chi connectivity index (χ0) is 13.9. The van der Waals surface area contributed by atoms with Crippen LogP contribution in [0, 0.1) is 17.3 Å². The minimum Gasteiger partial charge on any atom is -0.396 e. The van der Waals surface area contributed by atoms with Gasteiger partial charge in [-0.25, -0.2) is 0 Å². The first-order valence-electron chi connectivity index (χ1n) is 7.56. The molecule has 2 atom stereocenters. The summed E-state index contributed by atoms with van der Waals surface area (Å²) in [5.74, 6) is 0.670. The van der Waals surface area contributed by atoms with Crippen LogP contribution < -0.4 is 0 Å². The number of carbonyl (C=O) groups excluding carboxylic acids is 1. The Labute approximate surface area is 116 Å². The van der Waals surface area contributed by atoms with Crippen LogP contribution in [0.4, 0.5) is 0 Å². The number of hydrogen-bond donors (Lipinski definition) is 1. The maximum absolute atomic E-state index is 12.5. The Hall–Kier alpha value is -0.610. The predicted molar refractivity (Wildman–Crippen MR) is 73.7 cm³/mol. The molecule has 0 unspecified atom stereocenters. The second-order valence-electron chi connectivity index (χ2n) is 6.45. The number of piperidine rings is 1. The molecule has 0 radical (unpaired) electrons. The van der Waals surface area contributed by atoms with Crippen LogP contribution in [-0.4, -0.2) is 48.8 Å². The highest BCUT2D eigenvalue weighted by Gasteiger charge is 2.40. The molecule has 1 amide bonds. The molecule has 0 spiro atoms. The molecule has 2 aliphatic heterocycles. The highest BCUT2D eigenvalue weighted by molar-refractivity contribution is 5.79. The molecule has 2 heterocycles. The highest BCUT2D eigenvalue weighted by Crippen LogP contribution is 2.37. The summed E-state index contributed by atoms with van der Waals surface area (Å²) < 4.78 is 5.42. The number of rotatable bonds is 3. The Bertz CT molecular complexity index is 313. The van der Waals surface area contributed by atoms with Gasteiger partial charge in [0.15, 0.2) is 0 Å². The smallest absolute Gasteiger partial charge is 0.228 e. The van der Waals surface area contributed by atoms with Gasteiger partial charge in [0.05, 0.1) is 19.1 Å². The molecule has 0 aliphatic carbocycles. The molecule has 2 saturated heterocycles. The molecule has 1 N–H and O–H groups in total. The molecule has 0 aromatic rings. The normalized spacial score (nSPS) is 32.6. The van der Waals surface area contributed by atoms with Crippen molar-refractivity contribution >= 4 is 5.91 Å². The van der Waals surface area contributed by atoms with E-state index in [0.29, 0.717) is 19.1 Å². The van der Waals surface area contributed by atoms with Crippen molar-refractivity contribution < 1.29 is 14.6 Å². The molecule has 19 heavy (non-hydrogen) atoms. The second-order valence-corrected chi connectivity index (χ2v) is 6.45. The number of hydrogen-bond acceptors (Lipinski definition) is 3. The second kappa shape index (κ2) is 6.23. The number of aliphatic hydroxyl groups is 1. The highest BCUT2D eigenvalue weighted by atomic mass is 16.5. The third kappa shape index (κ3) is 3.11. The molecule has 4 nitrogen and oxygen atoms in total. The molecule has 4 heteroatoms. The van der Waals surface area contributed by atoms with E-state index in [0.717, 1.165) is 38.8 Å². The van der Waals surface area contributed by atoms with E-state index in [-0.39, 0.29) is 23.8 Å². The molecule has 0 aromatic heterocycles. The van der Waals surface area contributed by atoms with Gasteiger partial charge in [0, 0.05) is 25.1 Å². The van der Waals surface area contributed by atoms with Crippen LogP contribution in [0.25, 0.3) is 0 Å². The van der Waals surface area contributed by atoms with Crippen LogP contribution in [0.5, 0.6) is 0 Å².